The molecule has 0 N–H and O–H groups in total. The molecule has 0 bridgehead atoms. The molecule has 0 unspecified atom stereocenters. The first-order chi connectivity index (χ1) is 11.1. The van der Waals surface area contributed by atoms with E-state index in [9.17, 15) is 22.4 Å². The molecule has 124 valence electrons. The summed E-state index contributed by atoms with van der Waals surface area (Å²) in [6.07, 6.45) is 0. The quantitative estimate of drug-likeness (QED) is 0.578. The predicted molar refractivity (Wildman–Crippen MR) is 89.4 cm³/mol. The standard InChI is InChI=1S/C14H8Cl2N2O4S2/c15-23(19,20)11-8-4-7-10(14(11)24(16,21)22)13-12(18(13)17)9-5-2-1-3-6-9/h1-8H. The van der Waals surface area contributed by atoms with Crippen LogP contribution in [0.15, 0.2) is 58.3 Å². The molecule has 0 atom stereocenters. The molecule has 1 heterocycles. The third-order valence-electron chi connectivity index (χ3n) is 3.39. The van der Waals surface area contributed by atoms with Gasteiger partial charge in [-0.15, -0.1) is 0 Å². The molecular formula is C14H8Cl2N2O4S2. The minimum Gasteiger partial charge on any atom is -0.493 e. The molecule has 3 rings (SSSR count). The van der Waals surface area contributed by atoms with E-state index in [1.54, 1.807) is 30.3 Å². The molecule has 0 amide bonds. The molecule has 2 aromatic carbocycles. The second kappa shape index (κ2) is 5.66. The monoisotopic (exact) mass is 402 g/mol. The van der Waals surface area contributed by atoms with Gasteiger partial charge in [-0.1, -0.05) is 24.3 Å². The fourth-order valence-electron chi connectivity index (χ4n) is 2.40. The Morgan fingerprint density at radius 1 is 0.792 bits per heavy atom. The van der Waals surface area contributed by atoms with Crippen molar-refractivity contribution >= 4 is 50.9 Å². The number of halogens is 2. The molecule has 2 aromatic rings. The van der Waals surface area contributed by atoms with E-state index < -0.39 is 27.9 Å². The summed E-state index contributed by atoms with van der Waals surface area (Å²) >= 11 is 0. The van der Waals surface area contributed by atoms with Crippen LogP contribution in [0.2, 0.25) is 0 Å². The number of hydrogen-bond acceptors (Lipinski definition) is 4. The zero-order valence-electron chi connectivity index (χ0n) is 11.7. The van der Waals surface area contributed by atoms with E-state index in [2.05, 4.69) is 0 Å². The second-order valence-corrected chi connectivity index (χ2v) is 9.92. The van der Waals surface area contributed by atoms with Gasteiger partial charge in [0, 0.05) is 21.4 Å². The zero-order valence-corrected chi connectivity index (χ0v) is 14.9. The van der Waals surface area contributed by atoms with Gasteiger partial charge in [0.1, 0.15) is 9.79 Å². The van der Waals surface area contributed by atoms with Crippen LogP contribution >= 0.6 is 21.4 Å². The van der Waals surface area contributed by atoms with E-state index in [4.69, 9.17) is 21.4 Å². The summed E-state index contributed by atoms with van der Waals surface area (Å²) in [5.74, 6) is 0. The summed E-state index contributed by atoms with van der Waals surface area (Å²) in [5.41, 5.74) is 11.1. The van der Waals surface area contributed by atoms with Gasteiger partial charge in [-0.25, -0.2) is 21.5 Å². The molecule has 24 heavy (non-hydrogen) atoms. The Balaban J connectivity index is 2.32. The lowest BCUT2D eigenvalue weighted by atomic mass is 10.1. The smallest absolute Gasteiger partial charge is 0.281 e. The van der Waals surface area contributed by atoms with E-state index in [-0.39, 0.29) is 11.3 Å². The van der Waals surface area contributed by atoms with Gasteiger partial charge in [-0.3, -0.25) is 0 Å². The predicted octanol–water partition coefficient (Wildman–Crippen LogP) is 3.42. The van der Waals surface area contributed by atoms with Crippen molar-refractivity contribution < 1.29 is 21.5 Å². The van der Waals surface area contributed by atoms with Gasteiger partial charge in [0.05, 0.1) is 11.1 Å². The average Bonchev–Trinajstić information content (AvgIpc) is 3.17. The Labute approximate surface area is 147 Å². The lowest BCUT2D eigenvalue weighted by molar-refractivity contribution is -0.277. The van der Waals surface area contributed by atoms with Gasteiger partial charge in [0.2, 0.25) is 0 Å². The minimum absolute atomic E-state index is 0.0481. The summed E-state index contributed by atoms with van der Waals surface area (Å²) in [4.78, 5) is -1.31. The maximum atomic E-state index is 11.9. The lowest BCUT2D eigenvalue weighted by Gasteiger charge is -2.05. The Bertz CT molecular complexity index is 1110. The maximum absolute atomic E-state index is 11.9. The highest BCUT2D eigenvalue weighted by atomic mass is 35.7. The van der Waals surface area contributed by atoms with Crippen molar-refractivity contribution in [2.24, 2.45) is 0 Å². The normalized spacial score (nSPS) is 14.8. The fourth-order valence-corrected chi connectivity index (χ4v) is 5.52. The fraction of sp³-hybridized carbons (Fsp3) is 0. The van der Waals surface area contributed by atoms with Crippen LogP contribution < -0.4 is 0 Å². The molecule has 10 heteroatoms. The Hall–Kier alpha value is -1.74. The van der Waals surface area contributed by atoms with Crippen LogP contribution in [0.5, 0.6) is 0 Å². The zero-order chi connectivity index (χ0) is 17.7. The highest BCUT2D eigenvalue weighted by molar-refractivity contribution is 8.16. The van der Waals surface area contributed by atoms with Crippen LogP contribution in [-0.4, -0.2) is 21.5 Å². The number of benzene rings is 2. The van der Waals surface area contributed by atoms with Gasteiger partial charge in [-0.05, 0) is 24.3 Å². The minimum atomic E-state index is -4.44. The lowest BCUT2D eigenvalue weighted by Crippen LogP contribution is -2.04. The van der Waals surface area contributed by atoms with Crippen molar-refractivity contribution in [1.82, 2.24) is 0 Å². The number of hydrogen-bond donors (Lipinski definition) is 0. The molecule has 0 fully saturated rings. The molecule has 6 nitrogen and oxygen atoms in total. The SMILES string of the molecule is [N-]=[N+]1C(c2ccccc2)=C1c1cccc(S(=O)(=O)Cl)c1S(=O)(=O)Cl. The summed E-state index contributed by atoms with van der Waals surface area (Å²) in [5, 5.41) is 0. The van der Waals surface area contributed by atoms with E-state index in [1.807, 2.05) is 0 Å². The summed E-state index contributed by atoms with van der Waals surface area (Å²) in [6.45, 7) is 0. The Kier molecular flexibility index (Phi) is 4.03. The van der Waals surface area contributed by atoms with Crippen LogP contribution in [0.4, 0.5) is 0 Å². The first kappa shape index (κ1) is 17.1. The van der Waals surface area contributed by atoms with E-state index in [1.165, 1.54) is 12.1 Å². The van der Waals surface area contributed by atoms with E-state index >= 15 is 0 Å². The van der Waals surface area contributed by atoms with Gasteiger partial charge < -0.3 is 5.53 Å². The van der Waals surface area contributed by atoms with Crippen LogP contribution in [0.3, 0.4) is 0 Å². The molecule has 0 aromatic heterocycles. The molecule has 0 radical (unpaired) electrons. The van der Waals surface area contributed by atoms with Gasteiger partial charge in [0.25, 0.3) is 29.5 Å². The first-order valence-corrected chi connectivity index (χ1v) is 11.1. The third kappa shape index (κ3) is 2.98. The molecule has 0 saturated heterocycles. The summed E-state index contributed by atoms with van der Waals surface area (Å²) < 4.78 is 48.0. The van der Waals surface area contributed by atoms with Crippen molar-refractivity contribution in [2.45, 2.75) is 9.79 Å². The van der Waals surface area contributed by atoms with Gasteiger partial charge in [0.15, 0.2) is 0 Å². The van der Waals surface area contributed by atoms with E-state index in [0.29, 0.717) is 11.3 Å². The van der Waals surface area contributed by atoms with E-state index in [0.717, 1.165) is 10.8 Å². The number of rotatable bonds is 4. The van der Waals surface area contributed by atoms with Crippen LogP contribution in [0.25, 0.3) is 16.9 Å². The Morgan fingerprint density at radius 2 is 1.42 bits per heavy atom. The Morgan fingerprint density at radius 3 is 1.96 bits per heavy atom. The molecule has 1 aliphatic rings. The molecular weight excluding hydrogens is 395 g/mol. The van der Waals surface area contributed by atoms with Crippen LogP contribution in [0.1, 0.15) is 11.1 Å². The second-order valence-electron chi connectivity index (χ2n) is 4.88. The maximum Gasteiger partial charge on any atom is 0.281 e. The largest absolute Gasteiger partial charge is 0.493 e. The van der Waals surface area contributed by atoms with Crippen molar-refractivity contribution in [3.8, 4) is 0 Å². The highest BCUT2D eigenvalue weighted by Gasteiger charge is 2.44. The first-order valence-electron chi connectivity index (χ1n) is 6.44. The van der Waals surface area contributed by atoms with Crippen molar-refractivity contribution in [1.29, 1.82) is 0 Å². The van der Waals surface area contributed by atoms with Crippen molar-refractivity contribution in [2.75, 3.05) is 0 Å². The molecule has 0 spiro atoms. The van der Waals surface area contributed by atoms with Gasteiger partial charge >= 0.3 is 0 Å². The van der Waals surface area contributed by atoms with Crippen molar-refractivity contribution in [3.63, 3.8) is 0 Å². The molecule has 1 aliphatic heterocycles. The topological polar surface area (TPSA) is 93.6 Å². The molecule has 0 saturated carbocycles. The van der Waals surface area contributed by atoms with Crippen molar-refractivity contribution in [3.05, 3.63) is 65.2 Å². The van der Waals surface area contributed by atoms with Crippen LogP contribution in [-0.2, 0) is 18.1 Å². The summed E-state index contributed by atoms with van der Waals surface area (Å²) in [7, 11) is 1.92. The third-order valence-corrected chi connectivity index (χ3v) is 6.27. The average molecular weight is 403 g/mol. The molecule has 0 aliphatic carbocycles. The number of nitrogens with zero attached hydrogens (tertiary/aromatic N) is 2. The van der Waals surface area contributed by atoms with Crippen LogP contribution in [0, 0.1) is 0 Å². The summed E-state index contributed by atoms with van der Waals surface area (Å²) in [6, 6.07) is 12.4. The van der Waals surface area contributed by atoms with Gasteiger partial charge in [-0.2, -0.15) is 0 Å². The highest BCUT2D eigenvalue weighted by Crippen LogP contribution is 2.46.